The van der Waals surface area contributed by atoms with Gasteiger partial charge in [-0.3, -0.25) is 9.20 Å². The van der Waals surface area contributed by atoms with Gasteiger partial charge in [0.25, 0.3) is 5.91 Å². The van der Waals surface area contributed by atoms with Gasteiger partial charge < -0.3 is 20.1 Å². The van der Waals surface area contributed by atoms with Gasteiger partial charge in [0.2, 0.25) is 0 Å². The van der Waals surface area contributed by atoms with Gasteiger partial charge in [0.15, 0.2) is 5.82 Å². The van der Waals surface area contributed by atoms with E-state index in [-0.39, 0.29) is 48.1 Å². The largest absolute Gasteiger partial charge is 0.490 e. The number of amides is 1. The number of likely N-dealkylation sites (tertiary alicyclic amines) is 1. The Morgan fingerprint density at radius 3 is 2.58 bits per heavy atom. The average Bonchev–Trinajstić information content (AvgIpc) is 3.33. The number of imidazole rings is 1. The van der Waals surface area contributed by atoms with Gasteiger partial charge in [-0.15, -0.1) is 0 Å². The Balaban J connectivity index is 0.00000304. The van der Waals surface area contributed by atoms with Crippen molar-refractivity contribution in [1.29, 1.82) is 0 Å². The molecule has 0 radical (unpaired) electrons. The third kappa shape index (κ3) is 4.50. The van der Waals surface area contributed by atoms with E-state index >= 15 is 4.39 Å². The number of hydrogen-bond donors (Lipinski definition) is 1. The molecule has 8 nitrogen and oxygen atoms in total. The van der Waals surface area contributed by atoms with Crippen molar-refractivity contribution < 1.29 is 18.7 Å². The Morgan fingerprint density at radius 1 is 1.28 bits per heavy atom. The lowest BCUT2D eigenvalue weighted by Crippen LogP contribution is -2.46. The summed E-state index contributed by atoms with van der Waals surface area (Å²) in [6.45, 7) is 8.30. The number of anilines is 1. The van der Waals surface area contributed by atoms with Crippen LogP contribution in [-0.2, 0) is 4.74 Å². The molecule has 3 atom stereocenters. The molecule has 2 N–H and O–H groups in total. The summed E-state index contributed by atoms with van der Waals surface area (Å²) in [7, 11) is 0. The second-order valence-corrected chi connectivity index (χ2v) is 10.0. The van der Waals surface area contributed by atoms with Crippen LogP contribution in [0.25, 0.3) is 5.52 Å². The first kappa shape index (κ1) is 26.5. The highest BCUT2D eigenvalue weighted by Crippen LogP contribution is 2.41. The molecule has 11 heteroatoms. The number of benzene rings is 1. The third-order valence-corrected chi connectivity index (χ3v) is 7.01. The van der Waals surface area contributed by atoms with E-state index in [0.29, 0.717) is 35.8 Å². The molecule has 2 fully saturated rings. The number of fused-ring (bicyclic) bond motifs is 3. The summed E-state index contributed by atoms with van der Waals surface area (Å²) in [5, 5.41) is -0.138. The second kappa shape index (κ2) is 10.1. The number of aryl methyl sites for hydroxylation is 1. The molecule has 4 heterocycles. The minimum Gasteiger partial charge on any atom is -0.490 e. The Bertz CT molecular complexity index is 1300. The predicted molar refractivity (Wildman–Crippen MR) is 141 cm³/mol. The Morgan fingerprint density at radius 2 is 1.94 bits per heavy atom. The maximum absolute atomic E-state index is 15.5. The first-order valence-corrected chi connectivity index (χ1v) is 12.3. The van der Waals surface area contributed by atoms with Crippen LogP contribution in [-0.4, -0.2) is 56.6 Å². The normalized spacial score (nSPS) is 20.0. The van der Waals surface area contributed by atoms with Crippen LogP contribution in [0.1, 0.15) is 67.0 Å². The molecule has 2 bridgehead atoms. The second-order valence-electron chi connectivity index (χ2n) is 9.61. The number of carbonyl (C=O) groups is 1. The lowest BCUT2D eigenvalue weighted by Gasteiger charge is -2.33. The highest BCUT2D eigenvalue weighted by atomic mass is 35.5. The summed E-state index contributed by atoms with van der Waals surface area (Å²) in [5.74, 6) is -0.395. The van der Waals surface area contributed by atoms with Crippen molar-refractivity contribution in [3.8, 4) is 5.75 Å². The summed E-state index contributed by atoms with van der Waals surface area (Å²) in [5.41, 5.74) is 7.95. The standard InChI is InChI=1S/C25H29ClFN5O3.H2S/c1-12(2)34-22-17(13(3)24-30-14(4)21-23(28)29-7-8-32(21)24)9-18(26)20(27)19(22)25(33)31-10-15-5-6-16(11-31)35-15;/h7-9,12-13,15-16H,5-6,10-11H2,1-4H3,(H2,28,29);1H2/t13-,15?,16?;/m0./s1. The number of nitrogen functional groups attached to an aromatic ring is 1. The zero-order chi connectivity index (χ0) is 25.0. The first-order valence-electron chi connectivity index (χ1n) is 11.9. The maximum Gasteiger partial charge on any atom is 0.260 e. The maximum atomic E-state index is 15.5. The van der Waals surface area contributed by atoms with Crippen molar-refractivity contribution in [3.63, 3.8) is 0 Å². The molecule has 0 saturated carbocycles. The van der Waals surface area contributed by atoms with Crippen LogP contribution < -0.4 is 10.5 Å². The quantitative estimate of drug-likeness (QED) is 0.518. The van der Waals surface area contributed by atoms with Crippen LogP contribution in [0.5, 0.6) is 5.75 Å². The molecule has 194 valence electrons. The van der Waals surface area contributed by atoms with Gasteiger partial charge in [0, 0.05) is 37.0 Å². The van der Waals surface area contributed by atoms with Crippen LogP contribution in [0.3, 0.4) is 0 Å². The lowest BCUT2D eigenvalue weighted by atomic mass is 9.95. The molecule has 2 aliphatic heterocycles. The fraction of sp³-hybridized carbons (Fsp3) is 0.480. The van der Waals surface area contributed by atoms with Crippen LogP contribution >= 0.6 is 25.1 Å². The molecule has 36 heavy (non-hydrogen) atoms. The number of hydrogen-bond acceptors (Lipinski definition) is 6. The highest BCUT2D eigenvalue weighted by molar-refractivity contribution is 7.59. The van der Waals surface area contributed by atoms with Gasteiger partial charge in [-0.05, 0) is 39.7 Å². The van der Waals surface area contributed by atoms with Crippen LogP contribution in [0.15, 0.2) is 18.5 Å². The smallest absolute Gasteiger partial charge is 0.260 e. The summed E-state index contributed by atoms with van der Waals surface area (Å²) in [6.07, 6.45) is 4.83. The molecule has 2 aliphatic rings. The molecule has 1 amide bonds. The SMILES string of the molecule is Cc1nc([C@@H](C)c2cc(Cl)c(F)c(C(=O)N3CC4CCC(C3)O4)c2OC(C)C)n2ccnc(N)c12.S. The van der Waals surface area contributed by atoms with Gasteiger partial charge in [0.1, 0.15) is 28.5 Å². The molecule has 2 unspecified atom stereocenters. The van der Waals surface area contributed by atoms with E-state index in [0.717, 1.165) is 18.5 Å². The molecule has 2 aromatic heterocycles. The van der Waals surface area contributed by atoms with Crippen molar-refractivity contribution in [3.05, 3.63) is 51.9 Å². The number of nitrogens with two attached hydrogens (primary N) is 1. The van der Waals surface area contributed by atoms with Crippen LogP contribution in [0.2, 0.25) is 5.02 Å². The molecule has 0 spiro atoms. The van der Waals surface area contributed by atoms with E-state index in [2.05, 4.69) is 4.98 Å². The monoisotopic (exact) mass is 535 g/mol. The van der Waals surface area contributed by atoms with Crippen LogP contribution in [0.4, 0.5) is 10.2 Å². The number of carbonyl (C=O) groups excluding carboxylic acids is 1. The number of rotatable bonds is 5. The molecule has 5 rings (SSSR count). The topological polar surface area (TPSA) is 95.0 Å². The van der Waals surface area contributed by atoms with Crippen LogP contribution in [0, 0.1) is 12.7 Å². The average molecular weight is 536 g/mol. The number of ether oxygens (including phenoxy) is 2. The van der Waals surface area contributed by atoms with Crippen molar-refractivity contribution >= 4 is 42.3 Å². The molecule has 1 aromatic carbocycles. The molecular weight excluding hydrogens is 505 g/mol. The fourth-order valence-corrected chi connectivity index (χ4v) is 5.37. The van der Waals surface area contributed by atoms with Gasteiger partial charge in [-0.25, -0.2) is 14.4 Å². The molecule has 2 saturated heterocycles. The minimum atomic E-state index is -0.778. The van der Waals surface area contributed by atoms with Gasteiger partial charge in [-0.1, -0.05) is 18.5 Å². The predicted octanol–water partition coefficient (Wildman–Crippen LogP) is 4.47. The highest BCUT2D eigenvalue weighted by Gasteiger charge is 2.39. The summed E-state index contributed by atoms with van der Waals surface area (Å²) in [4.78, 5) is 24.3. The zero-order valence-corrected chi connectivity index (χ0v) is 22.5. The first-order chi connectivity index (χ1) is 16.7. The Hall–Kier alpha value is -2.56. The number of aromatic nitrogens is 3. The summed E-state index contributed by atoms with van der Waals surface area (Å²) in [6, 6.07) is 1.53. The van der Waals surface area contributed by atoms with Gasteiger partial charge in [0.05, 0.1) is 29.0 Å². The third-order valence-electron chi connectivity index (χ3n) is 6.74. The molecule has 3 aromatic rings. The summed E-state index contributed by atoms with van der Waals surface area (Å²) < 4.78 is 29.4. The van der Waals surface area contributed by atoms with E-state index in [4.69, 9.17) is 31.8 Å². The Kier molecular flexibility index (Phi) is 7.41. The van der Waals surface area contributed by atoms with E-state index < -0.39 is 17.6 Å². The fourth-order valence-electron chi connectivity index (χ4n) is 5.16. The van der Waals surface area contributed by atoms with Gasteiger partial charge in [-0.2, -0.15) is 13.5 Å². The minimum absolute atomic E-state index is 0. The lowest BCUT2D eigenvalue weighted by molar-refractivity contribution is -0.0306. The zero-order valence-electron chi connectivity index (χ0n) is 20.7. The number of halogens is 2. The summed E-state index contributed by atoms with van der Waals surface area (Å²) >= 11 is 6.38. The van der Waals surface area contributed by atoms with E-state index in [9.17, 15) is 4.79 Å². The van der Waals surface area contributed by atoms with E-state index in [1.54, 1.807) is 17.3 Å². The molecule has 0 aliphatic carbocycles. The number of nitrogens with zero attached hydrogens (tertiary/aromatic N) is 4. The number of morpholine rings is 1. The Labute approximate surface area is 221 Å². The van der Waals surface area contributed by atoms with Gasteiger partial charge >= 0.3 is 0 Å². The van der Waals surface area contributed by atoms with Crippen molar-refractivity contribution in [2.75, 3.05) is 18.8 Å². The van der Waals surface area contributed by atoms with Crippen molar-refractivity contribution in [2.45, 2.75) is 64.8 Å². The van der Waals surface area contributed by atoms with Crippen molar-refractivity contribution in [2.24, 2.45) is 0 Å². The van der Waals surface area contributed by atoms with E-state index in [1.807, 2.05) is 32.1 Å². The van der Waals surface area contributed by atoms with Crippen molar-refractivity contribution in [1.82, 2.24) is 19.3 Å². The van der Waals surface area contributed by atoms with E-state index in [1.165, 1.54) is 6.07 Å². The molecular formula is C25H31ClFN5O3S.